The van der Waals surface area contributed by atoms with E-state index in [1.54, 1.807) is 12.5 Å². The second-order valence-electron chi connectivity index (χ2n) is 5.13. The van der Waals surface area contributed by atoms with Gasteiger partial charge in [0, 0.05) is 31.4 Å². The largest absolute Gasteiger partial charge is 0.367 e. The molecule has 3 rings (SSSR count). The van der Waals surface area contributed by atoms with Crippen molar-refractivity contribution in [3.05, 3.63) is 29.9 Å². The number of likely N-dealkylation sites (N-methyl/N-ethyl adjacent to an activating group) is 1. The number of aromatic nitrogens is 4. The maximum Gasteiger partial charge on any atom is 0.244 e. The number of hydrogen-bond acceptors (Lipinski definition) is 7. The number of H-pyrrole nitrogens is 1. The number of aromatic amines is 1. The fourth-order valence-electron chi connectivity index (χ4n) is 2.40. The summed E-state index contributed by atoms with van der Waals surface area (Å²) in [5.74, 6) is 1.00. The van der Waals surface area contributed by atoms with E-state index >= 15 is 0 Å². The predicted octanol–water partition coefficient (Wildman–Crippen LogP) is 0.428. The van der Waals surface area contributed by atoms with Crippen LogP contribution in [0.2, 0.25) is 0 Å². The zero-order valence-corrected chi connectivity index (χ0v) is 12.0. The first-order valence-electron chi connectivity index (χ1n) is 7.16. The minimum atomic E-state index is -0.349. The standard InChI is InChI=1S/C13H20N6O2/c1-2-19-3-4-20-11(7-19)12-17-13(21-18-12)10(14)5-9-6-15-8-16-9/h6,8,10-11H,2-5,7,14H2,1H3,(H,15,16)/t10-,11?/m0/s1. The van der Waals surface area contributed by atoms with Crippen molar-refractivity contribution in [2.75, 3.05) is 26.2 Å². The van der Waals surface area contributed by atoms with Crippen LogP contribution in [0.25, 0.3) is 0 Å². The lowest BCUT2D eigenvalue weighted by atomic mass is 10.2. The van der Waals surface area contributed by atoms with Crippen molar-refractivity contribution in [3.8, 4) is 0 Å². The second-order valence-corrected chi connectivity index (χ2v) is 5.13. The molecule has 0 bridgehead atoms. The average Bonchev–Trinajstić information content (AvgIpc) is 3.18. The van der Waals surface area contributed by atoms with Gasteiger partial charge in [0.05, 0.1) is 19.0 Å². The van der Waals surface area contributed by atoms with Crippen LogP contribution in [-0.2, 0) is 11.2 Å². The van der Waals surface area contributed by atoms with Gasteiger partial charge in [-0.15, -0.1) is 0 Å². The Kier molecular flexibility index (Phi) is 4.28. The number of nitrogens with one attached hydrogen (secondary N) is 1. The summed E-state index contributed by atoms with van der Waals surface area (Å²) in [6.07, 6.45) is 3.79. The Bertz CT molecular complexity index is 555. The summed E-state index contributed by atoms with van der Waals surface area (Å²) in [4.78, 5) is 13.7. The number of morpholine rings is 1. The van der Waals surface area contributed by atoms with Crippen LogP contribution in [-0.4, -0.2) is 51.2 Å². The molecule has 1 fully saturated rings. The van der Waals surface area contributed by atoms with Crippen LogP contribution >= 0.6 is 0 Å². The van der Waals surface area contributed by atoms with Gasteiger partial charge in [-0.2, -0.15) is 4.98 Å². The molecule has 1 unspecified atom stereocenters. The third kappa shape index (κ3) is 3.29. The topological polar surface area (TPSA) is 106 Å². The predicted molar refractivity (Wildman–Crippen MR) is 74.3 cm³/mol. The molecule has 0 amide bonds. The summed E-state index contributed by atoms with van der Waals surface area (Å²) in [7, 11) is 0. The molecule has 2 atom stereocenters. The van der Waals surface area contributed by atoms with Crippen molar-refractivity contribution < 1.29 is 9.26 Å². The Morgan fingerprint density at radius 1 is 1.57 bits per heavy atom. The van der Waals surface area contributed by atoms with E-state index < -0.39 is 0 Å². The van der Waals surface area contributed by atoms with Crippen LogP contribution in [0.4, 0.5) is 0 Å². The average molecular weight is 292 g/mol. The van der Waals surface area contributed by atoms with E-state index in [0.29, 0.717) is 24.7 Å². The van der Waals surface area contributed by atoms with Crippen LogP contribution in [0.3, 0.4) is 0 Å². The Balaban J connectivity index is 1.65. The van der Waals surface area contributed by atoms with Crippen molar-refractivity contribution >= 4 is 0 Å². The maximum atomic E-state index is 6.09. The summed E-state index contributed by atoms with van der Waals surface area (Å²) >= 11 is 0. The van der Waals surface area contributed by atoms with Gasteiger partial charge in [0.15, 0.2) is 0 Å². The number of rotatable bonds is 5. The van der Waals surface area contributed by atoms with Gasteiger partial charge in [-0.05, 0) is 6.54 Å². The van der Waals surface area contributed by atoms with Crippen LogP contribution < -0.4 is 5.73 Å². The minimum absolute atomic E-state index is 0.143. The molecular weight excluding hydrogens is 272 g/mol. The summed E-state index contributed by atoms with van der Waals surface area (Å²) in [5, 5.41) is 4.02. The van der Waals surface area contributed by atoms with E-state index in [4.69, 9.17) is 15.0 Å². The molecule has 0 aliphatic carbocycles. The van der Waals surface area contributed by atoms with E-state index in [1.165, 1.54) is 0 Å². The number of nitrogens with zero attached hydrogens (tertiary/aromatic N) is 4. The zero-order chi connectivity index (χ0) is 14.7. The molecule has 0 aromatic carbocycles. The van der Waals surface area contributed by atoms with E-state index in [1.807, 2.05) is 0 Å². The number of hydrogen-bond donors (Lipinski definition) is 2. The second kappa shape index (κ2) is 6.33. The molecule has 0 spiro atoms. The quantitative estimate of drug-likeness (QED) is 0.823. The molecule has 8 nitrogen and oxygen atoms in total. The van der Waals surface area contributed by atoms with Crippen LogP contribution in [0, 0.1) is 0 Å². The molecule has 2 aromatic rings. The summed E-state index contributed by atoms with van der Waals surface area (Å²) in [6.45, 7) is 5.53. The number of imidazole rings is 1. The van der Waals surface area contributed by atoms with Gasteiger partial charge in [0.25, 0.3) is 0 Å². The highest BCUT2D eigenvalue weighted by molar-refractivity contribution is 5.03. The SMILES string of the molecule is CCN1CCOC(c2noc([C@@H](N)Cc3cnc[nH]3)n2)C1. The molecular formula is C13H20N6O2. The molecule has 3 heterocycles. The third-order valence-electron chi connectivity index (χ3n) is 3.66. The van der Waals surface area contributed by atoms with Gasteiger partial charge in [-0.1, -0.05) is 12.1 Å². The summed E-state index contributed by atoms with van der Waals surface area (Å²) < 4.78 is 11.0. The first-order chi connectivity index (χ1) is 10.3. The van der Waals surface area contributed by atoms with Gasteiger partial charge in [0.2, 0.25) is 11.7 Å². The Morgan fingerprint density at radius 2 is 2.48 bits per heavy atom. The number of ether oxygens (including phenoxy) is 1. The van der Waals surface area contributed by atoms with Crippen LogP contribution in [0.5, 0.6) is 0 Å². The highest BCUT2D eigenvalue weighted by atomic mass is 16.5. The minimum Gasteiger partial charge on any atom is -0.367 e. The first-order valence-corrected chi connectivity index (χ1v) is 7.16. The van der Waals surface area contributed by atoms with Crippen molar-refractivity contribution in [2.24, 2.45) is 5.73 Å². The Hall–Kier alpha value is -1.77. The molecule has 0 saturated carbocycles. The summed E-state index contributed by atoms with van der Waals surface area (Å²) in [6, 6.07) is -0.349. The van der Waals surface area contributed by atoms with Gasteiger partial charge in [-0.3, -0.25) is 4.90 Å². The Morgan fingerprint density at radius 3 is 3.24 bits per heavy atom. The Labute approximate surface area is 122 Å². The van der Waals surface area contributed by atoms with E-state index in [9.17, 15) is 0 Å². The lowest BCUT2D eigenvalue weighted by Crippen LogP contribution is -2.38. The lowest BCUT2D eigenvalue weighted by Gasteiger charge is -2.30. The van der Waals surface area contributed by atoms with Crippen LogP contribution in [0.1, 0.15) is 36.5 Å². The number of nitrogens with two attached hydrogens (primary N) is 1. The summed E-state index contributed by atoms with van der Waals surface area (Å²) in [5.41, 5.74) is 7.03. The van der Waals surface area contributed by atoms with E-state index in [2.05, 4.69) is 31.9 Å². The molecule has 114 valence electrons. The first kappa shape index (κ1) is 14.2. The van der Waals surface area contributed by atoms with E-state index in [-0.39, 0.29) is 12.1 Å². The molecule has 2 aromatic heterocycles. The van der Waals surface area contributed by atoms with Crippen molar-refractivity contribution in [3.63, 3.8) is 0 Å². The molecule has 1 aliphatic heterocycles. The highest BCUT2D eigenvalue weighted by Gasteiger charge is 2.26. The van der Waals surface area contributed by atoms with Crippen LogP contribution in [0.15, 0.2) is 17.0 Å². The zero-order valence-electron chi connectivity index (χ0n) is 12.0. The van der Waals surface area contributed by atoms with Crippen molar-refractivity contribution in [1.29, 1.82) is 0 Å². The lowest BCUT2D eigenvalue weighted by molar-refractivity contribution is -0.0334. The fraction of sp³-hybridized carbons (Fsp3) is 0.615. The van der Waals surface area contributed by atoms with E-state index in [0.717, 1.165) is 25.3 Å². The smallest absolute Gasteiger partial charge is 0.244 e. The van der Waals surface area contributed by atoms with Crippen molar-refractivity contribution in [1.82, 2.24) is 25.0 Å². The normalized spacial score (nSPS) is 21.5. The monoisotopic (exact) mass is 292 g/mol. The fourth-order valence-corrected chi connectivity index (χ4v) is 2.40. The molecule has 1 saturated heterocycles. The van der Waals surface area contributed by atoms with Gasteiger partial charge in [-0.25, -0.2) is 4.98 Å². The highest BCUT2D eigenvalue weighted by Crippen LogP contribution is 2.21. The van der Waals surface area contributed by atoms with Gasteiger partial charge in [0.1, 0.15) is 6.10 Å². The molecule has 0 radical (unpaired) electrons. The third-order valence-corrected chi connectivity index (χ3v) is 3.66. The maximum absolute atomic E-state index is 6.09. The molecule has 1 aliphatic rings. The van der Waals surface area contributed by atoms with Gasteiger partial charge < -0.3 is 20.0 Å². The molecule has 3 N–H and O–H groups in total. The molecule has 21 heavy (non-hydrogen) atoms. The van der Waals surface area contributed by atoms with Gasteiger partial charge >= 0.3 is 0 Å². The molecule has 8 heteroatoms. The van der Waals surface area contributed by atoms with Crippen molar-refractivity contribution in [2.45, 2.75) is 25.5 Å².